The Morgan fingerprint density at radius 2 is 1.90 bits per heavy atom. The van der Waals surface area contributed by atoms with Gasteiger partial charge in [0.15, 0.2) is 0 Å². The van der Waals surface area contributed by atoms with E-state index in [1.165, 1.54) is 5.56 Å². The SMILES string of the molecule is CCC(CN)(Cc1ccccc1)N(C)C1CCOCC1. The van der Waals surface area contributed by atoms with E-state index in [4.69, 9.17) is 10.5 Å². The summed E-state index contributed by atoms with van der Waals surface area (Å²) in [5, 5.41) is 0. The summed E-state index contributed by atoms with van der Waals surface area (Å²) in [6.07, 6.45) is 4.33. The quantitative estimate of drug-likeness (QED) is 0.867. The van der Waals surface area contributed by atoms with Gasteiger partial charge >= 0.3 is 0 Å². The lowest BCUT2D eigenvalue weighted by Gasteiger charge is -2.46. The van der Waals surface area contributed by atoms with Crippen LogP contribution in [0.2, 0.25) is 0 Å². The Morgan fingerprint density at radius 3 is 2.45 bits per heavy atom. The number of benzene rings is 1. The van der Waals surface area contributed by atoms with E-state index in [1.54, 1.807) is 0 Å². The van der Waals surface area contributed by atoms with Crippen molar-refractivity contribution in [3.8, 4) is 0 Å². The predicted octanol–water partition coefficient (Wildman–Crippen LogP) is 2.45. The molecule has 1 aromatic rings. The highest BCUT2D eigenvalue weighted by Gasteiger charge is 2.36. The van der Waals surface area contributed by atoms with Crippen LogP contribution in [-0.4, -0.2) is 43.3 Å². The van der Waals surface area contributed by atoms with E-state index < -0.39 is 0 Å². The lowest BCUT2D eigenvalue weighted by molar-refractivity contribution is -0.00363. The summed E-state index contributed by atoms with van der Waals surface area (Å²) in [6.45, 7) is 4.72. The van der Waals surface area contributed by atoms with Gasteiger partial charge in [-0.3, -0.25) is 4.90 Å². The molecular formula is C17H28N2O. The highest BCUT2D eigenvalue weighted by molar-refractivity contribution is 5.18. The molecule has 112 valence electrons. The predicted molar refractivity (Wildman–Crippen MR) is 83.8 cm³/mol. The number of hydrogen-bond donors (Lipinski definition) is 1. The smallest absolute Gasteiger partial charge is 0.0480 e. The molecule has 1 heterocycles. The summed E-state index contributed by atoms with van der Waals surface area (Å²) >= 11 is 0. The molecule has 2 N–H and O–H groups in total. The summed E-state index contributed by atoms with van der Waals surface area (Å²) in [5.41, 5.74) is 7.63. The Morgan fingerprint density at radius 1 is 1.25 bits per heavy atom. The van der Waals surface area contributed by atoms with Gasteiger partial charge in [-0.05, 0) is 38.3 Å². The summed E-state index contributed by atoms with van der Waals surface area (Å²) in [5.74, 6) is 0. The molecular weight excluding hydrogens is 248 g/mol. The lowest BCUT2D eigenvalue weighted by Crippen LogP contribution is -2.58. The van der Waals surface area contributed by atoms with Crippen LogP contribution in [0.5, 0.6) is 0 Å². The molecule has 0 spiro atoms. The van der Waals surface area contributed by atoms with Crippen molar-refractivity contribution in [1.29, 1.82) is 0 Å². The molecule has 1 aliphatic heterocycles. The fourth-order valence-electron chi connectivity index (χ4n) is 3.30. The zero-order valence-corrected chi connectivity index (χ0v) is 12.8. The molecule has 1 aromatic carbocycles. The maximum absolute atomic E-state index is 6.20. The fraction of sp³-hybridized carbons (Fsp3) is 0.647. The average molecular weight is 276 g/mol. The van der Waals surface area contributed by atoms with Crippen molar-refractivity contribution in [2.24, 2.45) is 5.73 Å². The molecule has 0 bridgehead atoms. The summed E-state index contributed by atoms with van der Waals surface area (Å²) in [6, 6.07) is 11.3. The second-order valence-electron chi connectivity index (χ2n) is 5.90. The van der Waals surface area contributed by atoms with Crippen molar-refractivity contribution in [3.05, 3.63) is 35.9 Å². The van der Waals surface area contributed by atoms with Gasteiger partial charge in [-0.25, -0.2) is 0 Å². The number of likely N-dealkylation sites (N-methyl/N-ethyl adjacent to an activating group) is 1. The van der Waals surface area contributed by atoms with Crippen molar-refractivity contribution in [2.45, 2.75) is 44.2 Å². The highest BCUT2D eigenvalue weighted by atomic mass is 16.5. The first kappa shape index (κ1) is 15.5. The first-order chi connectivity index (χ1) is 9.72. The fourth-order valence-corrected chi connectivity index (χ4v) is 3.30. The third-order valence-corrected chi connectivity index (χ3v) is 4.90. The number of ether oxygens (including phenoxy) is 1. The molecule has 20 heavy (non-hydrogen) atoms. The Hall–Kier alpha value is -0.900. The second kappa shape index (κ2) is 7.21. The first-order valence-corrected chi connectivity index (χ1v) is 7.76. The van der Waals surface area contributed by atoms with Crippen LogP contribution >= 0.6 is 0 Å². The summed E-state index contributed by atoms with van der Waals surface area (Å²) in [4.78, 5) is 2.53. The van der Waals surface area contributed by atoms with Crippen LogP contribution in [0.25, 0.3) is 0 Å². The summed E-state index contributed by atoms with van der Waals surface area (Å²) < 4.78 is 5.49. The van der Waals surface area contributed by atoms with Crippen molar-refractivity contribution < 1.29 is 4.74 Å². The molecule has 1 unspecified atom stereocenters. The van der Waals surface area contributed by atoms with E-state index >= 15 is 0 Å². The molecule has 2 rings (SSSR count). The van der Waals surface area contributed by atoms with E-state index in [0.717, 1.165) is 38.9 Å². The zero-order chi connectivity index (χ0) is 14.4. The van der Waals surface area contributed by atoms with Gasteiger partial charge in [0.2, 0.25) is 0 Å². The largest absolute Gasteiger partial charge is 0.381 e. The Balaban J connectivity index is 2.14. The van der Waals surface area contributed by atoms with Gasteiger partial charge in [0.25, 0.3) is 0 Å². The Labute approximate surface area is 123 Å². The molecule has 1 saturated heterocycles. The van der Waals surface area contributed by atoms with Gasteiger partial charge in [-0.15, -0.1) is 0 Å². The van der Waals surface area contributed by atoms with Crippen molar-refractivity contribution >= 4 is 0 Å². The van der Waals surface area contributed by atoms with Crippen molar-refractivity contribution in [1.82, 2.24) is 4.90 Å². The molecule has 1 fully saturated rings. The highest BCUT2D eigenvalue weighted by Crippen LogP contribution is 2.28. The second-order valence-corrected chi connectivity index (χ2v) is 5.90. The maximum Gasteiger partial charge on any atom is 0.0480 e. The standard InChI is InChI=1S/C17H28N2O/c1-3-17(14-18,13-15-7-5-4-6-8-15)19(2)16-9-11-20-12-10-16/h4-8,16H,3,9-14,18H2,1-2H3. The molecule has 1 aliphatic rings. The maximum atomic E-state index is 6.20. The normalized spacial score (nSPS) is 20.0. The average Bonchev–Trinajstić information content (AvgIpc) is 2.54. The van der Waals surface area contributed by atoms with Gasteiger partial charge in [-0.2, -0.15) is 0 Å². The topological polar surface area (TPSA) is 38.5 Å². The van der Waals surface area contributed by atoms with E-state index in [9.17, 15) is 0 Å². The van der Waals surface area contributed by atoms with Crippen LogP contribution in [0, 0.1) is 0 Å². The van der Waals surface area contributed by atoms with E-state index in [-0.39, 0.29) is 5.54 Å². The zero-order valence-electron chi connectivity index (χ0n) is 12.8. The molecule has 0 radical (unpaired) electrons. The van der Waals surface area contributed by atoms with Crippen molar-refractivity contribution in [3.63, 3.8) is 0 Å². The summed E-state index contributed by atoms with van der Waals surface area (Å²) in [7, 11) is 2.25. The van der Waals surface area contributed by atoms with E-state index in [2.05, 4.69) is 49.2 Å². The molecule has 0 amide bonds. The minimum Gasteiger partial charge on any atom is -0.381 e. The molecule has 3 heteroatoms. The number of hydrogen-bond acceptors (Lipinski definition) is 3. The molecule has 3 nitrogen and oxygen atoms in total. The van der Waals surface area contributed by atoms with Gasteiger partial charge in [0.1, 0.15) is 0 Å². The van der Waals surface area contributed by atoms with Gasteiger partial charge in [-0.1, -0.05) is 37.3 Å². The van der Waals surface area contributed by atoms with E-state index in [0.29, 0.717) is 12.6 Å². The first-order valence-electron chi connectivity index (χ1n) is 7.76. The monoisotopic (exact) mass is 276 g/mol. The minimum atomic E-state index is 0.0589. The van der Waals surface area contributed by atoms with Crippen LogP contribution < -0.4 is 5.73 Å². The Kier molecular flexibility index (Phi) is 5.58. The number of rotatable bonds is 6. The molecule has 0 aromatic heterocycles. The van der Waals surface area contributed by atoms with E-state index in [1.807, 2.05) is 0 Å². The third-order valence-electron chi connectivity index (χ3n) is 4.90. The minimum absolute atomic E-state index is 0.0589. The number of nitrogens with two attached hydrogens (primary N) is 1. The van der Waals surface area contributed by atoms with Crippen molar-refractivity contribution in [2.75, 3.05) is 26.8 Å². The molecule has 0 saturated carbocycles. The van der Waals surface area contributed by atoms with Gasteiger partial charge in [0.05, 0.1) is 0 Å². The van der Waals surface area contributed by atoms with Crippen LogP contribution in [0.3, 0.4) is 0 Å². The van der Waals surface area contributed by atoms with Crippen LogP contribution in [0.4, 0.5) is 0 Å². The van der Waals surface area contributed by atoms with Gasteiger partial charge < -0.3 is 10.5 Å². The Bertz CT molecular complexity index is 383. The molecule has 1 atom stereocenters. The van der Waals surface area contributed by atoms with Crippen LogP contribution in [0.15, 0.2) is 30.3 Å². The van der Waals surface area contributed by atoms with Crippen LogP contribution in [-0.2, 0) is 11.2 Å². The van der Waals surface area contributed by atoms with Crippen LogP contribution in [0.1, 0.15) is 31.7 Å². The number of nitrogens with zero attached hydrogens (tertiary/aromatic N) is 1. The lowest BCUT2D eigenvalue weighted by atomic mass is 9.84. The molecule has 0 aliphatic carbocycles. The third kappa shape index (κ3) is 3.40. The van der Waals surface area contributed by atoms with Gasteiger partial charge in [0, 0.05) is 31.3 Å².